The smallest absolute Gasteiger partial charge is 0.143 e. The molecule has 13 rings (SSSR count). The minimum atomic E-state index is -0.0351. The number of nitrogens with zero attached hydrogens (tertiary/aromatic N) is 4. The van der Waals surface area contributed by atoms with Gasteiger partial charge in [0, 0.05) is 124 Å². The van der Waals surface area contributed by atoms with Gasteiger partial charge in [-0.2, -0.15) is 0 Å². The first kappa shape index (κ1) is 71.8. The van der Waals surface area contributed by atoms with Crippen molar-refractivity contribution in [2.45, 2.75) is 99.5 Å². The number of nitrogens with one attached hydrogen (secondary N) is 4. The van der Waals surface area contributed by atoms with Gasteiger partial charge in [-0.3, -0.25) is 14.7 Å². The van der Waals surface area contributed by atoms with Crippen LogP contribution in [0.3, 0.4) is 0 Å². The van der Waals surface area contributed by atoms with Crippen LogP contribution in [0.5, 0.6) is 28.7 Å². The number of ether oxygens (including phenoxy) is 6. The highest BCUT2D eigenvalue weighted by Gasteiger charge is 2.20. The van der Waals surface area contributed by atoms with Gasteiger partial charge in [0.25, 0.3) is 0 Å². The van der Waals surface area contributed by atoms with E-state index in [4.69, 9.17) is 72.4 Å². The predicted octanol–water partition coefficient (Wildman–Crippen LogP) is 10.6. The molecule has 5 aromatic carbocycles. The van der Waals surface area contributed by atoms with Gasteiger partial charge in [0.15, 0.2) is 0 Å². The molecule has 0 unspecified atom stereocenters. The van der Waals surface area contributed by atoms with Crippen molar-refractivity contribution < 1.29 is 43.7 Å². The fraction of sp³-hybridized carbons (Fsp3) is 0.459. The van der Waals surface area contributed by atoms with Crippen LogP contribution >= 0.6 is 0 Å². The number of piperidine rings is 1. The van der Waals surface area contributed by atoms with Crippen molar-refractivity contribution in [3.8, 4) is 28.7 Å². The van der Waals surface area contributed by atoms with Crippen molar-refractivity contribution in [2.75, 3.05) is 154 Å². The minimum absolute atomic E-state index is 0.00653. The highest BCUT2D eigenvalue weighted by atomic mass is 16.5. The SMILES string of the molecule is CCc1c(C)[nH]c2c(OCCN3CCCC3)ccc(N)c12.CCc1c(C)[nH]c2c(OCCN3CCCCC3)ccc(N)c12.CCc1c(C)[nH]c2c(OCCN3CCOCC3)ccc(N)c12.Nc1ccc(OCCO)c2[nH]ccc12.Nc1ccc(OCCO)c2c1ccn2CCO. The summed E-state index contributed by atoms with van der Waals surface area (Å²) in [5.41, 5.74) is 46.3. The zero-order valence-corrected chi connectivity index (χ0v) is 57.3. The molecule has 0 spiro atoms. The third kappa shape index (κ3) is 17.8. The summed E-state index contributed by atoms with van der Waals surface area (Å²) in [6.45, 7) is 27.4. The summed E-state index contributed by atoms with van der Waals surface area (Å²) in [7, 11) is 0. The lowest BCUT2D eigenvalue weighted by Crippen LogP contribution is -2.38. The van der Waals surface area contributed by atoms with Crippen molar-refractivity contribution in [2.24, 2.45) is 0 Å². The summed E-state index contributed by atoms with van der Waals surface area (Å²) in [5, 5.41) is 31.7. The largest absolute Gasteiger partial charge is 0.490 e. The second kappa shape index (κ2) is 35.5. The van der Waals surface area contributed by atoms with Gasteiger partial charge in [-0.05, 0) is 181 Å². The maximum atomic E-state index is 9.00. The van der Waals surface area contributed by atoms with Crippen LogP contribution in [0.4, 0.5) is 28.4 Å². The number of morpholine rings is 1. The van der Waals surface area contributed by atoms with Crippen LogP contribution in [0.1, 0.15) is 86.6 Å². The standard InChI is InChI=1S/C18H27N3O.C17H25N3O2.C17H25N3O.C12H16N2O3.C10H12N2O2/c1-3-14-13(2)20-18-16(8-7-15(19)17(14)18)22-12-11-21-9-5-4-6-10-21;1-3-13-12(2)19-17-15(5-4-14(18)16(13)17)22-11-8-20-6-9-21-10-7-20;1-3-13-12(2)19-17-15(7-6-14(18)16(13)17)21-11-10-20-8-4-5-9-20;13-10-1-2-11(17-8-7-16)12-9(10)3-4-14(12)5-6-15;11-8-1-2-9(14-6-5-13)10-7(8)3-4-12-10/h7-8,20H,3-6,9-12,19H2,1-2H3;4-5,19H,3,6-11,18H2,1-2H3;6-7,19H,3-5,8-11,18H2,1-2H3;1-4,15-16H,5-8,13H2;1-4,12-13H,5-6,11H2. The molecule has 22 heteroatoms. The number of aryl methyl sites for hydroxylation is 6. The molecule has 3 aliphatic heterocycles. The van der Waals surface area contributed by atoms with Gasteiger partial charge >= 0.3 is 0 Å². The first-order valence-corrected chi connectivity index (χ1v) is 34.3. The van der Waals surface area contributed by atoms with E-state index in [1.165, 1.54) is 92.1 Å². The molecule has 520 valence electrons. The van der Waals surface area contributed by atoms with Crippen molar-refractivity contribution in [1.29, 1.82) is 0 Å². The van der Waals surface area contributed by atoms with Crippen LogP contribution in [-0.4, -0.2) is 179 Å². The summed E-state index contributed by atoms with van der Waals surface area (Å²) in [6.07, 6.45) is 13.3. The lowest BCUT2D eigenvalue weighted by Gasteiger charge is -2.26. The molecule has 3 saturated heterocycles. The molecular weight excluding hydrogens is 1210 g/mol. The molecule has 3 fully saturated rings. The third-order valence-electron chi connectivity index (χ3n) is 18.3. The van der Waals surface area contributed by atoms with Crippen molar-refractivity contribution in [3.63, 3.8) is 0 Å². The van der Waals surface area contributed by atoms with E-state index in [1.54, 1.807) is 24.3 Å². The highest BCUT2D eigenvalue weighted by Crippen LogP contribution is 2.38. The minimum Gasteiger partial charge on any atom is -0.490 e. The number of fused-ring (bicyclic) bond motifs is 5. The van der Waals surface area contributed by atoms with Gasteiger partial charge in [0.2, 0.25) is 0 Å². The Labute approximate surface area is 564 Å². The van der Waals surface area contributed by atoms with Crippen LogP contribution in [0.15, 0.2) is 85.2 Å². The van der Waals surface area contributed by atoms with Crippen LogP contribution in [0.2, 0.25) is 0 Å². The molecule has 0 atom stereocenters. The maximum absolute atomic E-state index is 9.00. The number of hydrogen-bond acceptors (Lipinski definition) is 17. The topological polar surface area (TPSA) is 324 Å². The fourth-order valence-electron chi connectivity index (χ4n) is 13.4. The first-order chi connectivity index (χ1) is 46.7. The number of nitrogen functional groups attached to an aromatic ring is 5. The number of H-pyrrole nitrogens is 4. The monoisotopic (exact) mass is 1320 g/mol. The second-order valence-electron chi connectivity index (χ2n) is 24.6. The zero-order chi connectivity index (χ0) is 68.1. The Morgan fingerprint density at radius 3 is 1.21 bits per heavy atom. The molecule has 0 amide bonds. The molecule has 96 heavy (non-hydrogen) atoms. The first-order valence-electron chi connectivity index (χ1n) is 34.3. The number of rotatable bonds is 23. The second-order valence-corrected chi connectivity index (χ2v) is 24.6. The lowest BCUT2D eigenvalue weighted by atomic mass is 10.1. The summed E-state index contributed by atoms with van der Waals surface area (Å²) < 4.78 is 36.2. The van der Waals surface area contributed by atoms with Crippen LogP contribution in [0, 0.1) is 20.8 Å². The van der Waals surface area contributed by atoms with Crippen molar-refractivity contribution in [1.82, 2.24) is 39.2 Å². The maximum Gasteiger partial charge on any atom is 0.143 e. The predicted molar refractivity (Wildman–Crippen MR) is 391 cm³/mol. The average molecular weight is 1320 g/mol. The van der Waals surface area contributed by atoms with E-state index in [0.29, 0.717) is 30.3 Å². The lowest BCUT2D eigenvalue weighted by molar-refractivity contribution is 0.0323. The Bertz CT molecular complexity index is 3940. The number of benzene rings is 5. The number of aliphatic hydroxyl groups is 3. The van der Waals surface area contributed by atoms with Gasteiger partial charge in [-0.15, -0.1) is 0 Å². The zero-order valence-electron chi connectivity index (χ0n) is 57.3. The molecule has 10 aromatic rings. The Balaban J connectivity index is 0.000000142. The van der Waals surface area contributed by atoms with E-state index in [0.717, 1.165) is 173 Å². The van der Waals surface area contributed by atoms with Crippen LogP contribution in [0.25, 0.3) is 54.5 Å². The van der Waals surface area contributed by atoms with E-state index in [1.807, 2.05) is 65.5 Å². The number of aliphatic hydroxyl groups excluding tert-OH is 3. The number of hydrogen-bond donors (Lipinski definition) is 12. The summed E-state index contributed by atoms with van der Waals surface area (Å²) >= 11 is 0. The Kier molecular flexibility index (Phi) is 26.5. The Hall–Kier alpha value is -8.48. The summed E-state index contributed by atoms with van der Waals surface area (Å²) in [6, 6.07) is 22.7. The molecular formula is C74H105N13O9. The molecule has 0 saturated carbocycles. The molecule has 0 bridgehead atoms. The van der Waals surface area contributed by atoms with Crippen LogP contribution < -0.4 is 52.4 Å². The molecule has 17 N–H and O–H groups in total. The van der Waals surface area contributed by atoms with Crippen LogP contribution in [-0.2, 0) is 30.5 Å². The summed E-state index contributed by atoms with van der Waals surface area (Å²) in [4.78, 5) is 20.7. The number of nitrogens with two attached hydrogens (primary N) is 5. The van der Waals surface area contributed by atoms with E-state index in [2.05, 4.69) is 76.2 Å². The quantitative estimate of drug-likeness (QED) is 0.0265. The Morgan fingerprint density at radius 2 is 0.781 bits per heavy atom. The molecule has 0 radical (unpaired) electrons. The fourth-order valence-corrected chi connectivity index (χ4v) is 13.4. The number of aromatic nitrogens is 5. The normalized spacial score (nSPS) is 14.4. The number of anilines is 5. The number of likely N-dealkylation sites (tertiary alicyclic amines) is 2. The summed E-state index contributed by atoms with van der Waals surface area (Å²) in [5.74, 6) is 4.11. The van der Waals surface area contributed by atoms with Gasteiger partial charge in [0.1, 0.15) is 61.8 Å². The number of aromatic amines is 4. The molecule has 0 aliphatic carbocycles. The van der Waals surface area contributed by atoms with Crippen molar-refractivity contribution >= 4 is 83.0 Å². The molecule has 3 aliphatic rings. The van der Waals surface area contributed by atoms with E-state index < -0.39 is 0 Å². The van der Waals surface area contributed by atoms with E-state index in [-0.39, 0.29) is 33.0 Å². The van der Waals surface area contributed by atoms with Gasteiger partial charge in [0.05, 0.1) is 60.6 Å². The third-order valence-corrected chi connectivity index (χ3v) is 18.3. The van der Waals surface area contributed by atoms with Gasteiger partial charge in [-0.1, -0.05) is 27.2 Å². The molecule has 8 heterocycles. The molecule has 5 aromatic heterocycles. The van der Waals surface area contributed by atoms with E-state index in [9.17, 15) is 0 Å². The average Bonchev–Trinajstić information content (AvgIpc) is 1.65. The van der Waals surface area contributed by atoms with Crippen molar-refractivity contribution in [3.05, 3.63) is 119 Å². The van der Waals surface area contributed by atoms with Gasteiger partial charge < -0.3 is 96.9 Å². The molecule has 22 nitrogen and oxygen atoms in total. The van der Waals surface area contributed by atoms with E-state index >= 15 is 0 Å². The Morgan fingerprint density at radius 1 is 0.406 bits per heavy atom. The highest BCUT2D eigenvalue weighted by molar-refractivity contribution is 6.01. The van der Waals surface area contributed by atoms with Gasteiger partial charge in [-0.25, -0.2) is 0 Å².